The van der Waals surface area contributed by atoms with Crippen LogP contribution in [0.1, 0.15) is 30.9 Å². The fourth-order valence-corrected chi connectivity index (χ4v) is 3.34. The Morgan fingerprint density at radius 2 is 2.15 bits per heavy atom. The SMILES string of the molecule is CN1CC(CN)CC1c1cccc(OCC2CC2)c1Cl. The molecule has 0 bridgehead atoms. The number of likely N-dealkylation sites (tertiary alicyclic amines) is 1. The summed E-state index contributed by atoms with van der Waals surface area (Å²) in [5.41, 5.74) is 6.99. The minimum Gasteiger partial charge on any atom is -0.492 e. The van der Waals surface area contributed by atoms with Crippen LogP contribution >= 0.6 is 11.6 Å². The molecule has 2 N–H and O–H groups in total. The van der Waals surface area contributed by atoms with E-state index in [0.29, 0.717) is 12.0 Å². The predicted molar refractivity (Wildman–Crippen MR) is 82.2 cm³/mol. The molecule has 2 fully saturated rings. The summed E-state index contributed by atoms with van der Waals surface area (Å²) < 4.78 is 5.87. The summed E-state index contributed by atoms with van der Waals surface area (Å²) in [7, 11) is 2.15. The summed E-state index contributed by atoms with van der Waals surface area (Å²) in [4.78, 5) is 2.35. The Kier molecular flexibility index (Phi) is 4.20. The molecule has 3 nitrogen and oxygen atoms in total. The molecule has 2 atom stereocenters. The van der Waals surface area contributed by atoms with Gasteiger partial charge in [0.15, 0.2) is 0 Å². The summed E-state index contributed by atoms with van der Waals surface area (Å²) >= 11 is 6.57. The predicted octanol–water partition coefficient (Wildman–Crippen LogP) is 3.08. The van der Waals surface area contributed by atoms with Crippen molar-refractivity contribution in [3.8, 4) is 5.75 Å². The monoisotopic (exact) mass is 294 g/mol. The van der Waals surface area contributed by atoms with Crippen molar-refractivity contribution >= 4 is 11.6 Å². The molecule has 20 heavy (non-hydrogen) atoms. The molecule has 1 heterocycles. The van der Waals surface area contributed by atoms with E-state index in [9.17, 15) is 0 Å². The topological polar surface area (TPSA) is 38.5 Å². The maximum Gasteiger partial charge on any atom is 0.138 e. The fraction of sp³-hybridized carbons (Fsp3) is 0.625. The van der Waals surface area contributed by atoms with Gasteiger partial charge in [0.05, 0.1) is 11.6 Å². The van der Waals surface area contributed by atoms with E-state index in [2.05, 4.69) is 18.0 Å². The third-order valence-corrected chi connectivity index (χ3v) is 4.90. The number of ether oxygens (including phenoxy) is 1. The van der Waals surface area contributed by atoms with E-state index in [-0.39, 0.29) is 0 Å². The standard InChI is InChI=1S/C16H23ClN2O/c1-19-9-12(8-18)7-14(19)13-3-2-4-15(16(13)17)20-10-11-5-6-11/h2-4,11-12,14H,5-10,18H2,1H3. The van der Waals surface area contributed by atoms with Crippen molar-refractivity contribution in [2.45, 2.75) is 25.3 Å². The molecule has 0 aromatic heterocycles. The van der Waals surface area contributed by atoms with Gasteiger partial charge in [0.2, 0.25) is 0 Å². The van der Waals surface area contributed by atoms with Crippen LogP contribution in [0.5, 0.6) is 5.75 Å². The summed E-state index contributed by atoms with van der Waals surface area (Å²) in [5.74, 6) is 2.14. The normalized spacial score (nSPS) is 26.9. The average molecular weight is 295 g/mol. The Morgan fingerprint density at radius 3 is 2.80 bits per heavy atom. The van der Waals surface area contributed by atoms with E-state index >= 15 is 0 Å². The van der Waals surface area contributed by atoms with E-state index in [0.717, 1.165) is 42.8 Å². The van der Waals surface area contributed by atoms with Crippen LogP contribution in [-0.2, 0) is 0 Å². The highest BCUT2D eigenvalue weighted by atomic mass is 35.5. The molecule has 1 saturated heterocycles. The number of benzene rings is 1. The molecule has 0 amide bonds. The summed E-state index contributed by atoms with van der Waals surface area (Å²) in [6.07, 6.45) is 3.67. The Balaban J connectivity index is 1.76. The van der Waals surface area contributed by atoms with Gasteiger partial charge >= 0.3 is 0 Å². The molecule has 1 aromatic rings. The smallest absolute Gasteiger partial charge is 0.138 e. The van der Waals surface area contributed by atoms with E-state index in [4.69, 9.17) is 22.1 Å². The minimum atomic E-state index is 0.362. The second-order valence-electron chi connectivity index (χ2n) is 6.21. The Hall–Kier alpha value is -0.770. The first-order chi connectivity index (χ1) is 9.69. The van der Waals surface area contributed by atoms with E-state index in [1.165, 1.54) is 18.4 Å². The summed E-state index contributed by atoms with van der Waals surface area (Å²) in [6.45, 7) is 2.59. The number of halogens is 1. The second-order valence-corrected chi connectivity index (χ2v) is 6.58. The van der Waals surface area contributed by atoms with Crippen LogP contribution < -0.4 is 10.5 Å². The minimum absolute atomic E-state index is 0.362. The molecule has 1 saturated carbocycles. The van der Waals surface area contributed by atoms with Gasteiger partial charge in [-0.3, -0.25) is 4.90 Å². The second kappa shape index (κ2) is 5.92. The molecule has 2 aliphatic rings. The van der Waals surface area contributed by atoms with Gasteiger partial charge in [-0.2, -0.15) is 0 Å². The molecular formula is C16H23ClN2O. The van der Waals surface area contributed by atoms with Crippen LogP contribution in [0.2, 0.25) is 5.02 Å². The highest BCUT2D eigenvalue weighted by molar-refractivity contribution is 6.32. The summed E-state index contributed by atoms with van der Waals surface area (Å²) in [6, 6.07) is 6.50. The average Bonchev–Trinajstić information content (AvgIpc) is 3.20. The number of nitrogens with zero attached hydrogens (tertiary/aromatic N) is 1. The van der Waals surface area contributed by atoms with Crippen LogP contribution in [0.15, 0.2) is 18.2 Å². The molecule has 0 spiro atoms. The number of rotatable bonds is 5. The number of nitrogens with two attached hydrogens (primary N) is 1. The Morgan fingerprint density at radius 1 is 1.35 bits per heavy atom. The zero-order chi connectivity index (χ0) is 14.1. The maximum absolute atomic E-state index is 6.57. The highest BCUT2D eigenvalue weighted by Gasteiger charge is 2.31. The molecule has 1 aromatic carbocycles. The lowest BCUT2D eigenvalue weighted by molar-refractivity contribution is 0.294. The van der Waals surface area contributed by atoms with Crippen molar-refractivity contribution in [3.05, 3.63) is 28.8 Å². The van der Waals surface area contributed by atoms with Crippen molar-refractivity contribution < 1.29 is 4.74 Å². The molecular weight excluding hydrogens is 272 g/mol. The van der Waals surface area contributed by atoms with Crippen LogP contribution in [-0.4, -0.2) is 31.6 Å². The van der Waals surface area contributed by atoms with Gasteiger partial charge in [-0.25, -0.2) is 0 Å². The van der Waals surface area contributed by atoms with Gasteiger partial charge in [0, 0.05) is 12.6 Å². The molecule has 1 aliphatic heterocycles. The van der Waals surface area contributed by atoms with E-state index in [1.54, 1.807) is 0 Å². The largest absolute Gasteiger partial charge is 0.492 e. The molecule has 2 unspecified atom stereocenters. The zero-order valence-corrected chi connectivity index (χ0v) is 12.8. The molecule has 110 valence electrons. The van der Waals surface area contributed by atoms with Crippen molar-refractivity contribution in [2.24, 2.45) is 17.6 Å². The van der Waals surface area contributed by atoms with E-state index < -0.39 is 0 Å². The lowest BCUT2D eigenvalue weighted by Gasteiger charge is -2.22. The third kappa shape index (κ3) is 2.95. The molecule has 4 heteroatoms. The highest BCUT2D eigenvalue weighted by Crippen LogP contribution is 2.41. The van der Waals surface area contributed by atoms with Gasteiger partial charge < -0.3 is 10.5 Å². The van der Waals surface area contributed by atoms with Crippen molar-refractivity contribution in [1.29, 1.82) is 0 Å². The quantitative estimate of drug-likeness (QED) is 0.907. The van der Waals surface area contributed by atoms with Crippen LogP contribution in [0.4, 0.5) is 0 Å². The van der Waals surface area contributed by atoms with Crippen molar-refractivity contribution in [3.63, 3.8) is 0 Å². The van der Waals surface area contributed by atoms with Gasteiger partial charge in [-0.15, -0.1) is 0 Å². The molecule has 3 rings (SSSR count). The van der Waals surface area contributed by atoms with Gasteiger partial charge in [-0.05, 0) is 56.3 Å². The lowest BCUT2D eigenvalue weighted by Crippen LogP contribution is -2.20. The Labute approximate surface area is 126 Å². The van der Waals surface area contributed by atoms with Gasteiger partial charge in [0.25, 0.3) is 0 Å². The molecule has 1 aliphatic carbocycles. The number of hydrogen-bond acceptors (Lipinski definition) is 3. The Bertz CT molecular complexity index is 476. The lowest BCUT2D eigenvalue weighted by atomic mass is 9.99. The maximum atomic E-state index is 6.57. The third-order valence-electron chi connectivity index (χ3n) is 4.49. The van der Waals surface area contributed by atoms with Crippen LogP contribution in [0.25, 0.3) is 0 Å². The van der Waals surface area contributed by atoms with Crippen molar-refractivity contribution in [2.75, 3.05) is 26.7 Å². The first-order valence-electron chi connectivity index (χ1n) is 7.50. The van der Waals surface area contributed by atoms with Crippen molar-refractivity contribution in [1.82, 2.24) is 4.90 Å². The summed E-state index contributed by atoms with van der Waals surface area (Å²) in [5, 5.41) is 0.780. The fourth-order valence-electron chi connectivity index (χ4n) is 3.03. The zero-order valence-electron chi connectivity index (χ0n) is 12.0. The van der Waals surface area contributed by atoms with Crippen LogP contribution in [0, 0.1) is 11.8 Å². The van der Waals surface area contributed by atoms with Crippen LogP contribution in [0.3, 0.4) is 0 Å². The van der Waals surface area contributed by atoms with Gasteiger partial charge in [-0.1, -0.05) is 23.7 Å². The first kappa shape index (κ1) is 14.2. The number of hydrogen-bond donors (Lipinski definition) is 1. The molecule has 0 radical (unpaired) electrons. The first-order valence-corrected chi connectivity index (χ1v) is 7.88. The van der Waals surface area contributed by atoms with E-state index in [1.807, 2.05) is 12.1 Å². The van der Waals surface area contributed by atoms with Gasteiger partial charge in [0.1, 0.15) is 5.75 Å².